The Balaban J connectivity index is 2.51. The molecule has 2 fully saturated rings. The average Bonchev–Trinajstić information content (AvgIpc) is 2.14. The van der Waals surface area contributed by atoms with E-state index in [4.69, 9.17) is 5.73 Å². The molecule has 0 aromatic carbocycles. The van der Waals surface area contributed by atoms with Gasteiger partial charge < -0.3 is 10.6 Å². The van der Waals surface area contributed by atoms with Crippen LogP contribution in [0.3, 0.4) is 0 Å². The lowest BCUT2D eigenvalue weighted by Crippen LogP contribution is -2.59. The van der Waals surface area contributed by atoms with Crippen molar-refractivity contribution in [3.63, 3.8) is 0 Å². The second kappa shape index (κ2) is 1.77. The van der Waals surface area contributed by atoms with Gasteiger partial charge in [-0.3, -0.25) is 0 Å². The molecule has 2 nitrogen and oxygen atoms in total. The zero-order valence-electron chi connectivity index (χ0n) is 7.85. The first-order chi connectivity index (χ1) is 5.43. The van der Waals surface area contributed by atoms with Crippen LogP contribution in [0.5, 0.6) is 0 Å². The van der Waals surface area contributed by atoms with Crippen LogP contribution in [0, 0.1) is 5.41 Å². The van der Waals surface area contributed by atoms with Gasteiger partial charge in [0, 0.05) is 23.9 Å². The van der Waals surface area contributed by atoms with Gasteiger partial charge in [-0.2, -0.15) is 0 Å². The topological polar surface area (TPSA) is 29.3 Å². The molecule has 0 aromatic heterocycles. The van der Waals surface area contributed by atoms with Gasteiger partial charge in [0.2, 0.25) is 0 Å². The highest BCUT2D eigenvalue weighted by molar-refractivity contribution is 5.43. The summed E-state index contributed by atoms with van der Waals surface area (Å²) in [4.78, 5) is 2.05. The van der Waals surface area contributed by atoms with Crippen molar-refractivity contribution in [1.29, 1.82) is 0 Å². The third-order valence-electron chi connectivity index (χ3n) is 3.97. The van der Waals surface area contributed by atoms with E-state index in [1.54, 1.807) is 0 Å². The molecular weight excluding hydrogens is 148 g/mol. The van der Waals surface area contributed by atoms with Crippen molar-refractivity contribution >= 4 is 0 Å². The van der Waals surface area contributed by atoms with Crippen LogP contribution < -0.4 is 5.73 Å². The molecule has 0 radical (unpaired) electrons. The second-order valence-corrected chi connectivity index (χ2v) is 4.26. The Kier molecular flexibility index (Phi) is 1.16. The van der Waals surface area contributed by atoms with Gasteiger partial charge in [-0.25, -0.2) is 0 Å². The van der Waals surface area contributed by atoms with Crippen molar-refractivity contribution in [2.75, 3.05) is 7.05 Å². The summed E-state index contributed by atoms with van der Waals surface area (Å²) < 4.78 is 0. The van der Waals surface area contributed by atoms with E-state index < -0.39 is 0 Å². The van der Waals surface area contributed by atoms with E-state index in [-0.39, 0.29) is 11.0 Å². The van der Waals surface area contributed by atoms with Crippen LogP contribution in [0.4, 0.5) is 0 Å². The molecule has 0 spiro atoms. The number of hydrogen-bond donors (Lipinski definition) is 1. The van der Waals surface area contributed by atoms with Gasteiger partial charge in [0.05, 0.1) is 5.54 Å². The fourth-order valence-corrected chi connectivity index (χ4v) is 2.47. The third-order valence-corrected chi connectivity index (χ3v) is 3.97. The Bertz CT molecular complexity index is 254. The van der Waals surface area contributed by atoms with E-state index in [1.807, 2.05) is 11.9 Å². The minimum absolute atomic E-state index is 0.0822. The van der Waals surface area contributed by atoms with E-state index in [0.29, 0.717) is 0 Å². The Hall–Kier alpha value is -0.760. The Morgan fingerprint density at radius 1 is 1.33 bits per heavy atom. The first kappa shape index (κ1) is 7.87. The molecule has 1 saturated heterocycles. The van der Waals surface area contributed by atoms with Crippen LogP contribution >= 0.6 is 0 Å². The Labute approximate surface area is 73.7 Å². The number of fused-ring (bicyclic) bond motifs is 1. The third kappa shape index (κ3) is 0.505. The van der Waals surface area contributed by atoms with Crippen LogP contribution in [-0.2, 0) is 0 Å². The predicted octanol–water partition coefficient (Wildman–Crippen LogP) is 1.46. The molecule has 2 rings (SSSR count). The van der Waals surface area contributed by atoms with Gasteiger partial charge >= 0.3 is 0 Å². The lowest BCUT2D eigenvalue weighted by molar-refractivity contribution is 0.111. The molecule has 2 unspecified atom stereocenters. The molecule has 0 amide bonds. The maximum atomic E-state index is 6.26. The molecule has 1 saturated carbocycles. The Morgan fingerprint density at radius 3 is 2.08 bits per heavy atom. The highest BCUT2D eigenvalue weighted by Gasteiger charge is 2.63. The summed E-state index contributed by atoms with van der Waals surface area (Å²) in [5.74, 6) is 0. The highest BCUT2D eigenvalue weighted by atomic mass is 15.2. The van der Waals surface area contributed by atoms with E-state index in [1.165, 1.54) is 0 Å². The molecule has 0 bridgehead atoms. The van der Waals surface area contributed by atoms with Crippen molar-refractivity contribution in [1.82, 2.24) is 4.90 Å². The average molecular weight is 164 g/mol. The van der Waals surface area contributed by atoms with Gasteiger partial charge in [0.1, 0.15) is 0 Å². The lowest BCUT2D eigenvalue weighted by Gasteiger charge is -2.50. The maximum absolute atomic E-state index is 6.26. The quantitative estimate of drug-likeness (QED) is 0.587. The smallest absolute Gasteiger partial charge is 0.0667 e. The fraction of sp³-hybridized carbons (Fsp3) is 0.600. The number of nitrogens with zero attached hydrogens (tertiary/aromatic N) is 1. The summed E-state index contributed by atoms with van der Waals surface area (Å²) in [5, 5.41) is 0. The van der Waals surface area contributed by atoms with Crippen LogP contribution in [0.25, 0.3) is 0 Å². The highest BCUT2D eigenvalue weighted by Crippen LogP contribution is 2.62. The summed E-state index contributed by atoms with van der Waals surface area (Å²) >= 11 is 0. The molecule has 66 valence electrons. The SMILES string of the molecule is C=C1N(C)C(=C)C2(N)CCC12C. The lowest BCUT2D eigenvalue weighted by atomic mass is 9.56. The van der Waals surface area contributed by atoms with Gasteiger partial charge in [-0.1, -0.05) is 20.1 Å². The van der Waals surface area contributed by atoms with Crippen LogP contribution in [0.1, 0.15) is 19.8 Å². The summed E-state index contributed by atoms with van der Waals surface area (Å²) in [6.07, 6.45) is 2.19. The van der Waals surface area contributed by atoms with Crippen molar-refractivity contribution < 1.29 is 0 Å². The van der Waals surface area contributed by atoms with Crippen molar-refractivity contribution in [2.24, 2.45) is 11.1 Å². The monoisotopic (exact) mass is 164 g/mol. The zero-order chi connectivity index (χ0) is 9.15. The molecule has 2 heteroatoms. The van der Waals surface area contributed by atoms with Crippen LogP contribution in [0.2, 0.25) is 0 Å². The van der Waals surface area contributed by atoms with Gasteiger partial charge in [-0.05, 0) is 12.8 Å². The number of rotatable bonds is 0. The van der Waals surface area contributed by atoms with Crippen molar-refractivity contribution in [3.05, 3.63) is 24.6 Å². The number of likely N-dealkylation sites (N-methyl/N-ethyl adjacent to an activating group) is 1. The Morgan fingerprint density at radius 2 is 1.92 bits per heavy atom. The molecule has 1 aliphatic heterocycles. The molecule has 2 N–H and O–H groups in total. The van der Waals surface area contributed by atoms with E-state index in [0.717, 1.165) is 24.2 Å². The van der Waals surface area contributed by atoms with Crippen molar-refractivity contribution in [2.45, 2.75) is 25.3 Å². The summed E-state index contributed by atoms with van der Waals surface area (Å²) in [5.41, 5.74) is 8.31. The van der Waals surface area contributed by atoms with Gasteiger partial charge in [0.15, 0.2) is 0 Å². The minimum atomic E-state index is -0.196. The molecule has 2 atom stereocenters. The fourth-order valence-electron chi connectivity index (χ4n) is 2.47. The molecule has 12 heavy (non-hydrogen) atoms. The summed E-state index contributed by atoms with van der Waals surface area (Å²) in [6.45, 7) is 10.3. The first-order valence-electron chi connectivity index (χ1n) is 4.35. The number of nitrogens with two attached hydrogens (primary N) is 1. The molecule has 0 aromatic rings. The van der Waals surface area contributed by atoms with Crippen LogP contribution in [-0.4, -0.2) is 17.5 Å². The second-order valence-electron chi connectivity index (χ2n) is 4.26. The van der Waals surface area contributed by atoms with Crippen LogP contribution in [0.15, 0.2) is 24.6 Å². The normalized spacial score (nSPS) is 46.1. The molecule has 2 aliphatic rings. The first-order valence-corrected chi connectivity index (χ1v) is 4.35. The largest absolute Gasteiger partial charge is 0.350 e. The molecule has 1 aliphatic carbocycles. The number of likely N-dealkylation sites (tertiary alicyclic amines) is 1. The summed E-state index contributed by atoms with van der Waals surface area (Å²) in [7, 11) is 2.00. The van der Waals surface area contributed by atoms with E-state index in [9.17, 15) is 0 Å². The maximum Gasteiger partial charge on any atom is 0.0667 e. The standard InChI is InChI=1S/C10H16N2/c1-7-9(3)5-6-10(9,11)8(2)12(7)4/h1-2,5-6,11H2,3-4H3. The van der Waals surface area contributed by atoms with Gasteiger partial charge in [0.25, 0.3) is 0 Å². The molecule has 1 heterocycles. The minimum Gasteiger partial charge on any atom is -0.350 e. The van der Waals surface area contributed by atoms with Crippen molar-refractivity contribution in [3.8, 4) is 0 Å². The van der Waals surface area contributed by atoms with Gasteiger partial charge in [-0.15, -0.1) is 0 Å². The number of hydrogen-bond acceptors (Lipinski definition) is 2. The zero-order valence-corrected chi connectivity index (χ0v) is 7.85. The molecular formula is C10H16N2. The van der Waals surface area contributed by atoms with E-state index in [2.05, 4.69) is 20.1 Å². The van der Waals surface area contributed by atoms with E-state index >= 15 is 0 Å². The predicted molar refractivity (Wildman–Crippen MR) is 50.3 cm³/mol. The summed E-state index contributed by atoms with van der Waals surface area (Å²) in [6, 6.07) is 0.